The summed E-state index contributed by atoms with van der Waals surface area (Å²) in [7, 11) is 0. The van der Waals surface area contributed by atoms with Crippen molar-refractivity contribution in [2.24, 2.45) is 0 Å². The fourth-order valence-electron chi connectivity index (χ4n) is 1.32. The molecule has 0 radical (unpaired) electrons. The number of unbranched alkanes of at least 4 members (excludes halogenated alkanes) is 1. The van der Waals surface area contributed by atoms with Crippen LogP contribution in [0.15, 0.2) is 30.8 Å². The summed E-state index contributed by atoms with van der Waals surface area (Å²) in [4.78, 5) is 22.3. The second-order valence-electron chi connectivity index (χ2n) is 3.85. The van der Waals surface area contributed by atoms with E-state index >= 15 is 0 Å². The summed E-state index contributed by atoms with van der Waals surface area (Å²) in [6.45, 7) is 5.86. The van der Waals surface area contributed by atoms with Crippen molar-refractivity contribution in [3.05, 3.63) is 42.0 Å². The maximum absolute atomic E-state index is 11.6. The number of esters is 1. The average molecular weight is 248 g/mol. The number of hydrogen-bond donors (Lipinski definition) is 1. The third kappa shape index (κ3) is 3.73. The number of benzene rings is 1. The summed E-state index contributed by atoms with van der Waals surface area (Å²) in [5, 5.41) is 8.77. The van der Waals surface area contributed by atoms with Crippen LogP contribution in [-0.2, 0) is 9.53 Å². The summed E-state index contributed by atoms with van der Waals surface area (Å²) in [6, 6.07) is 6.18. The minimum Gasteiger partial charge on any atom is -0.478 e. The van der Waals surface area contributed by atoms with E-state index in [1.807, 2.05) is 6.92 Å². The van der Waals surface area contributed by atoms with Gasteiger partial charge in [-0.05, 0) is 24.1 Å². The van der Waals surface area contributed by atoms with Gasteiger partial charge in [-0.3, -0.25) is 0 Å². The fourth-order valence-corrected chi connectivity index (χ4v) is 1.32. The molecule has 0 atom stereocenters. The molecule has 0 saturated heterocycles. The van der Waals surface area contributed by atoms with Crippen molar-refractivity contribution in [2.45, 2.75) is 19.8 Å². The van der Waals surface area contributed by atoms with Crippen molar-refractivity contribution in [2.75, 3.05) is 6.61 Å². The highest BCUT2D eigenvalue weighted by molar-refractivity contribution is 6.14. The van der Waals surface area contributed by atoms with Crippen LogP contribution in [0.4, 0.5) is 0 Å². The minimum absolute atomic E-state index is 0.000834. The molecule has 0 aliphatic heterocycles. The molecule has 1 N–H and O–H groups in total. The third-order valence-corrected chi connectivity index (χ3v) is 2.46. The van der Waals surface area contributed by atoms with Gasteiger partial charge in [-0.2, -0.15) is 0 Å². The summed E-state index contributed by atoms with van der Waals surface area (Å²) >= 11 is 0. The molecule has 0 aromatic heterocycles. The molecule has 1 aromatic carbocycles. The largest absolute Gasteiger partial charge is 0.478 e. The highest BCUT2D eigenvalue weighted by atomic mass is 16.5. The Morgan fingerprint density at radius 2 is 1.78 bits per heavy atom. The van der Waals surface area contributed by atoms with Gasteiger partial charge >= 0.3 is 11.9 Å². The predicted octanol–water partition coefficient (Wildman–Crippen LogP) is 2.74. The molecule has 96 valence electrons. The molecule has 0 heterocycles. The Hall–Kier alpha value is -2.10. The van der Waals surface area contributed by atoms with Gasteiger partial charge in [-0.25, -0.2) is 9.59 Å². The summed E-state index contributed by atoms with van der Waals surface area (Å²) in [5.41, 5.74) is 0.890. The molecule has 4 heteroatoms. The molecule has 0 spiro atoms. The minimum atomic E-state index is -1.08. The lowest BCUT2D eigenvalue weighted by atomic mass is 10.1. The van der Waals surface area contributed by atoms with Gasteiger partial charge in [-0.1, -0.05) is 32.1 Å². The van der Waals surface area contributed by atoms with Crippen LogP contribution < -0.4 is 0 Å². The van der Waals surface area contributed by atoms with Gasteiger partial charge in [0.1, 0.15) is 0 Å². The van der Waals surface area contributed by atoms with Crippen molar-refractivity contribution < 1.29 is 19.4 Å². The second-order valence-corrected chi connectivity index (χ2v) is 3.85. The van der Waals surface area contributed by atoms with Crippen molar-refractivity contribution >= 4 is 17.5 Å². The molecule has 0 aliphatic carbocycles. The molecule has 0 unspecified atom stereocenters. The number of carbonyl (C=O) groups is 2. The van der Waals surface area contributed by atoms with Crippen molar-refractivity contribution in [1.82, 2.24) is 0 Å². The molecular formula is C14H16O4. The molecule has 0 saturated carbocycles. The van der Waals surface area contributed by atoms with Crippen LogP contribution in [0.25, 0.3) is 5.57 Å². The normalized spacial score (nSPS) is 9.83. The van der Waals surface area contributed by atoms with Gasteiger partial charge in [-0.15, -0.1) is 0 Å². The Bertz CT molecular complexity index is 445. The molecule has 1 aromatic rings. The van der Waals surface area contributed by atoms with Crippen molar-refractivity contribution in [1.29, 1.82) is 0 Å². The Morgan fingerprint density at radius 1 is 1.22 bits per heavy atom. The molecule has 4 nitrogen and oxygen atoms in total. The summed E-state index contributed by atoms with van der Waals surface area (Å²) < 4.78 is 5.04. The summed E-state index contributed by atoms with van der Waals surface area (Å²) in [5.74, 6) is -1.47. The lowest BCUT2D eigenvalue weighted by Crippen LogP contribution is -2.06. The van der Waals surface area contributed by atoms with E-state index in [-0.39, 0.29) is 5.57 Å². The molecule has 0 amide bonds. The van der Waals surface area contributed by atoms with Crippen LogP contribution in [0, 0.1) is 0 Å². The predicted molar refractivity (Wildman–Crippen MR) is 68.3 cm³/mol. The Labute approximate surface area is 106 Å². The van der Waals surface area contributed by atoms with E-state index < -0.39 is 11.9 Å². The number of ether oxygens (including phenoxy) is 1. The van der Waals surface area contributed by atoms with Crippen LogP contribution in [0.2, 0.25) is 0 Å². The van der Waals surface area contributed by atoms with Crippen LogP contribution in [-0.4, -0.2) is 23.7 Å². The first kappa shape index (κ1) is 14.0. The lowest BCUT2D eigenvalue weighted by molar-refractivity contribution is -0.130. The lowest BCUT2D eigenvalue weighted by Gasteiger charge is -2.05. The van der Waals surface area contributed by atoms with E-state index in [9.17, 15) is 9.59 Å². The number of carboxylic acids is 1. The van der Waals surface area contributed by atoms with E-state index in [1.54, 1.807) is 12.1 Å². The van der Waals surface area contributed by atoms with Gasteiger partial charge in [0.2, 0.25) is 0 Å². The highest BCUT2D eigenvalue weighted by Gasteiger charge is 2.10. The van der Waals surface area contributed by atoms with Gasteiger partial charge in [0.25, 0.3) is 0 Å². The Balaban J connectivity index is 2.68. The first-order valence-electron chi connectivity index (χ1n) is 5.76. The number of carbonyl (C=O) groups excluding carboxylic acids is 1. The zero-order valence-electron chi connectivity index (χ0n) is 10.3. The quantitative estimate of drug-likeness (QED) is 0.477. The molecule has 1 rings (SSSR count). The standard InChI is InChI=1S/C14H16O4/c1-3-4-9-18-14(17)12-7-5-11(6-8-12)10(2)13(15)16/h5-8H,2-4,9H2,1H3,(H,15,16). The maximum atomic E-state index is 11.6. The Morgan fingerprint density at radius 3 is 2.28 bits per heavy atom. The molecular weight excluding hydrogens is 232 g/mol. The van der Waals surface area contributed by atoms with Crippen LogP contribution in [0.1, 0.15) is 35.7 Å². The number of rotatable bonds is 6. The monoisotopic (exact) mass is 248 g/mol. The van der Waals surface area contributed by atoms with E-state index in [2.05, 4.69) is 6.58 Å². The molecule has 0 bridgehead atoms. The van der Waals surface area contributed by atoms with E-state index in [0.29, 0.717) is 17.7 Å². The Kier molecular flexibility index (Phi) is 5.11. The first-order valence-corrected chi connectivity index (χ1v) is 5.76. The zero-order valence-corrected chi connectivity index (χ0v) is 10.3. The van der Waals surface area contributed by atoms with Crippen molar-refractivity contribution in [3.63, 3.8) is 0 Å². The van der Waals surface area contributed by atoms with Crippen LogP contribution in [0.5, 0.6) is 0 Å². The summed E-state index contributed by atoms with van der Waals surface area (Å²) in [6.07, 6.45) is 1.80. The van der Waals surface area contributed by atoms with Crippen LogP contribution in [0.3, 0.4) is 0 Å². The molecule has 0 aliphatic rings. The van der Waals surface area contributed by atoms with Gasteiger partial charge < -0.3 is 9.84 Å². The van der Waals surface area contributed by atoms with E-state index in [0.717, 1.165) is 12.8 Å². The second kappa shape index (κ2) is 6.59. The SMILES string of the molecule is C=C(C(=O)O)c1ccc(C(=O)OCCCC)cc1. The van der Waals surface area contributed by atoms with Gasteiger partial charge in [0, 0.05) is 0 Å². The van der Waals surface area contributed by atoms with E-state index in [4.69, 9.17) is 9.84 Å². The van der Waals surface area contributed by atoms with Crippen LogP contribution >= 0.6 is 0 Å². The smallest absolute Gasteiger partial charge is 0.338 e. The maximum Gasteiger partial charge on any atom is 0.338 e. The van der Waals surface area contributed by atoms with Crippen molar-refractivity contribution in [3.8, 4) is 0 Å². The average Bonchev–Trinajstić information content (AvgIpc) is 2.38. The van der Waals surface area contributed by atoms with Gasteiger partial charge in [0.05, 0.1) is 17.7 Å². The molecule has 0 fully saturated rings. The molecule has 18 heavy (non-hydrogen) atoms. The van der Waals surface area contributed by atoms with E-state index in [1.165, 1.54) is 12.1 Å². The number of aliphatic carboxylic acids is 1. The van der Waals surface area contributed by atoms with Gasteiger partial charge in [0.15, 0.2) is 0 Å². The fraction of sp³-hybridized carbons (Fsp3) is 0.286. The number of hydrogen-bond acceptors (Lipinski definition) is 3. The zero-order chi connectivity index (χ0) is 13.5. The topological polar surface area (TPSA) is 63.6 Å². The third-order valence-electron chi connectivity index (χ3n) is 2.46. The number of carboxylic acid groups (broad SMARTS) is 1. The highest BCUT2D eigenvalue weighted by Crippen LogP contribution is 2.14. The first-order chi connectivity index (χ1) is 8.56.